The van der Waals surface area contributed by atoms with Gasteiger partial charge in [-0.2, -0.15) is 0 Å². The fourth-order valence-electron chi connectivity index (χ4n) is 1.27. The summed E-state index contributed by atoms with van der Waals surface area (Å²) in [5.74, 6) is 1.29. The molecule has 0 saturated heterocycles. The molecule has 0 nitrogen and oxygen atoms in total. The van der Waals surface area contributed by atoms with Crippen LogP contribution in [0, 0.1) is 0 Å². The zero-order chi connectivity index (χ0) is 12.7. The van der Waals surface area contributed by atoms with Crippen LogP contribution in [-0.2, 0) is 0 Å². The Morgan fingerprint density at radius 2 is 1.50 bits per heavy atom. The van der Waals surface area contributed by atoms with E-state index in [1.807, 2.05) is 50.1 Å². The molecule has 1 aliphatic rings. The van der Waals surface area contributed by atoms with Gasteiger partial charge in [0.1, 0.15) is 0 Å². The summed E-state index contributed by atoms with van der Waals surface area (Å²) in [4.78, 5) is 0. The molecule has 0 aromatic rings. The van der Waals surface area contributed by atoms with E-state index in [4.69, 9.17) is 0 Å². The first-order valence-corrected chi connectivity index (χ1v) is 13.6. The molecule has 0 aromatic heterocycles. The highest BCUT2D eigenvalue weighted by atomic mass is 33.9. The molecular weight excluding hydrogens is 337 g/mol. The maximum atomic E-state index is 2.27. The zero-order valence-corrected chi connectivity index (χ0v) is 15.1. The molecule has 0 spiro atoms. The highest BCUT2D eigenvalue weighted by molar-refractivity contribution is 9.42. The lowest BCUT2D eigenvalue weighted by atomic mass is 10.1. The molecule has 1 heterocycles. The van der Waals surface area contributed by atoms with Gasteiger partial charge in [-0.15, -0.1) is 0 Å². The van der Waals surface area contributed by atoms with Crippen LogP contribution >= 0.6 is 60.9 Å². The van der Waals surface area contributed by atoms with Gasteiger partial charge in [0, 0.05) is 5.75 Å². The Hall–Kier alpha value is 1.32. The number of hydrogen-bond donors (Lipinski definition) is 0. The predicted octanol–water partition coefficient (Wildman–Crippen LogP) is 7.55. The molecular formula is C12H18S6. The summed E-state index contributed by atoms with van der Waals surface area (Å²) in [6.45, 7) is 0. The summed E-state index contributed by atoms with van der Waals surface area (Å²) in [5.41, 5.74) is 0. The predicted molar refractivity (Wildman–Crippen MR) is 101 cm³/mol. The molecule has 0 bridgehead atoms. The van der Waals surface area contributed by atoms with Crippen LogP contribution in [0.25, 0.3) is 0 Å². The summed E-state index contributed by atoms with van der Waals surface area (Å²) in [6, 6.07) is 0. The summed E-state index contributed by atoms with van der Waals surface area (Å²) in [7, 11) is 11.2. The normalized spacial score (nSPS) is 21.3. The van der Waals surface area contributed by atoms with Crippen molar-refractivity contribution in [3.05, 3.63) is 35.8 Å². The smallest absolute Gasteiger partial charge is 0.00454 e. The van der Waals surface area contributed by atoms with E-state index in [1.54, 1.807) is 10.8 Å². The Labute approximate surface area is 133 Å². The fourth-order valence-corrected chi connectivity index (χ4v) is 12.1. The first-order valence-electron chi connectivity index (χ1n) is 5.93. The topological polar surface area (TPSA) is 0 Å². The monoisotopic (exact) mass is 354 g/mol. The quantitative estimate of drug-likeness (QED) is 0.409. The second-order valence-corrected chi connectivity index (χ2v) is 13.0. The Balaban J connectivity index is 2.20. The molecule has 0 saturated carbocycles. The minimum Gasteiger partial charge on any atom is -0.0845 e. The number of rotatable bonds is 0. The highest BCUT2D eigenvalue weighted by Crippen LogP contribution is 2.52. The average molecular weight is 355 g/mol. The van der Waals surface area contributed by atoms with Crippen LogP contribution in [0.2, 0.25) is 0 Å². The summed E-state index contributed by atoms with van der Waals surface area (Å²) in [6.07, 6.45) is 17.4. The van der Waals surface area contributed by atoms with E-state index in [0.717, 1.165) is 0 Å². The van der Waals surface area contributed by atoms with Gasteiger partial charge in [0.05, 0.1) is 0 Å². The van der Waals surface area contributed by atoms with Crippen LogP contribution in [0.4, 0.5) is 0 Å². The first kappa shape index (κ1) is 17.4. The van der Waals surface area contributed by atoms with Gasteiger partial charge in [-0.3, -0.25) is 0 Å². The Kier molecular flexibility index (Phi) is 14.2. The summed E-state index contributed by atoms with van der Waals surface area (Å²) in [5, 5.41) is 2.13. The largest absolute Gasteiger partial charge is 0.0845 e. The van der Waals surface area contributed by atoms with Gasteiger partial charge >= 0.3 is 0 Å². The third-order valence-corrected chi connectivity index (χ3v) is 12.6. The molecule has 1 aliphatic heterocycles. The minimum atomic E-state index is 1.22. The van der Waals surface area contributed by atoms with Crippen molar-refractivity contribution in [1.82, 2.24) is 0 Å². The summed E-state index contributed by atoms with van der Waals surface area (Å²) >= 11 is 0. The number of allylic oxidation sites excluding steroid dienone is 5. The third kappa shape index (κ3) is 12.4. The van der Waals surface area contributed by atoms with Gasteiger partial charge in [-0.1, -0.05) is 64.8 Å². The molecule has 18 heavy (non-hydrogen) atoms. The minimum absolute atomic E-state index is 1.22. The molecule has 0 atom stereocenters. The Morgan fingerprint density at radius 3 is 2.50 bits per heavy atom. The van der Waals surface area contributed by atoms with E-state index in [0.29, 0.717) is 0 Å². The molecule has 1 rings (SSSR count). The Morgan fingerprint density at radius 1 is 0.667 bits per heavy atom. The van der Waals surface area contributed by atoms with Crippen molar-refractivity contribution in [3.8, 4) is 0 Å². The van der Waals surface area contributed by atoms with Gasteiger partial charge < -0.3 is 0 Å². The molecule has 102 valence electrons. The molecule has 0 N–H and O–H groups in total. The van der Waals surface area contributed by atoms with E-state index in [9.17, 15) is 0 Å². The van der Waals surface area contributed by atoms with Crippen molar-refractivity contribution in [1.29, 1.82) is 0 Å². The van der Waals surface area contributed by atoms with E-state index >= 15 is 0 Å². The van der Waals surface area contributed by atoms with Crippen LogP contribution in [0.15, 0.2) is 35.8 Å². The molecule has 0 fully saturated rings. The lowest BCUT2D eigenvalue weighted by molar-refractivity contribution is 0.678. The molecule has 0 radical (unpaired) electrons. The van der Waals surface area contributed by atoms with E-state index in [1.165, 1.54) is 37.9 Å². The average Bonchev–Trinajstić information content (AvgIpc) is 2.39. The lowest BCUT2D eigenvalue weighted by Gasteiger charge is -2.00. The fraction of sp³-hybridized carbons (Fsp3) is 0.500. The first-order chi connectivity index (χ1) is 9.00. The second-order valence-electron chi connectivity index (χ2n) is 3.53. The molecule has 0 aromatic carbocycles. The number of hydrogen-bond acceptors (Lipinski definition) is 6. The van der Waals surface area contributed by atoms with Crippen LogP contribution in [0.3, 0.4) is 0 Å². The SMILES string of the molecule is C1=CC=CSSSSSSCCCCCCC=C1. The maximum absolute atomic E-state index is 2.27. The van der Waals surface area contributed by atoms with Crippen molar-refractivity contribution < 1.29 is 0 Å². The highest BCUT2D eigenvalue weighted by Gasteiger charge is 1.94. The van der Waals surface area contributed by atoms with Gasteiger partial charge in [0.2, 0.25) is 0 Å². The van der Waals surface area contributed by atoms with Crippen molar-refractivity contribution in [2.45, 2.75) is 32.1 Å². The maximum Gasteiger partial charge on any atom is 0.00454 e. The van der Waals surface area contributed by atoms with E-state index in [-0.39, 0.29) is 0 Å². The van der Waals surface area contributed by atoms with Crippen LogP contribution in [0.1, 0.15) is 32.1 Å². The molecule has 0 unspecified atom stereocenters. The standard InChI is InChI=1S/C12H18S6/c1-2-4-6-8-10-12-14-16-18-17-15-13-11-9-7-5-3-1/h1,3,5,7,9,11H,2,4,6,8,10,12H2. The van der Waals surface area contributed by atoms with Gasteiger partial charge in [-0.05, 0) is 64.0 Å². The van der Waals surface area contributed by atoms with Crippen molar-refractivity contribution in [2.75, 3.05) is 5.75 Å². The van der Waals surface area contributed by atoms with E-state index < -0.39 is 0 Å². The van der Waals surface area contributed by atoms with Gasteiger partial charge in [-0.25, -0.2) is 0 Å². The Bertz CT molecular complexity index is 235. The third-order valence-electron chi connectivity index (χ3n) is 2.12. The second kappa shape index (κ2) is 14.7. The molecule has 0 aliphatic carbocycles. The van der Waals surface area contributed by atoms with Crippen molar-refractivity contribution >= 4 is 60.9 Å². The van der Waals surface area contributed by atoms with Crippen LogP contribution < -0.4 is 0 Å². The van der Waals surface area contributed by atoms with Crippen molar-refractivity contribution in [3.63, 3.8) is 0 Å². The van der Waals surface area contributed by atoms with Crippen LogP contribution in [-0.4, -0.2) is 5.75 Å². The van der Waals surface area contributed by atoms with Crippen molar-refractivity contribution in [2.24, 2.45) is 0 Å². The zero-order valence-electron chi connectivity index (χ0n) is 10.2. The molecule has 0 amide bonds. The van der Waals surface area contributed by atoms with Gasteiger partial charge in [0.15, 0.2) is 0 Å². The van der Waals surface area contributed by atoms with Gasteiger partial charge in [0.25, 0.3) is 0 Å². The lowest BCUT2D eigenvalue weighted by Crippen LogP contribution is -1.79. The van der Waals surface area contributed by atoms with Crippen LogP contribution in [0.5, 0.6) is 0 Å². The van der Waals surface area contributed by atoms with E-state index in [2.05, 4.69) is 35.8 Å². The molecule has 6 heteroatoms. The summed E-state index contributed by atoms with van der Waals surface area (Å²) < 4.78 is 0.